The average molecular weight is 1600 g/mol. The molecule has 0 aliphatic carbocycles. The molecular weight excluding hydrogens is 1450 g/mol. The van der Waals surface area contributed by atoms with Gasteiger partial charge in [-0.15, -0.1) is 0 Å². The second-order valence-corrected chi connectivity index (χ2v) is 29.5. The Morgan fingerprint density at radius 2 is 0.491 bits per heavy atom. The van der Waals surface area contributed by atoms with Gasteiger partial charge in [-0.1, -0.05) is 291 Å². The zero-order valence-corrected chi connectivity index (χ0v) is 70.5. The molecule has 0 radical (unpaired) electrons. The van der Waals surface area contributed by atoms with Crippen LogP contribution in [0.25, 0.3) is 0 Å². The summed E-state index contributed by atoms with van der Waals surface area (Å²) in [6.45, 7) is 4.30. The van der Waals surface area contributed by atoms with E-state index in [1.165, 1.54) is 38.5 Å². The van der Waals surface area contributed by atoms with Crippen LogP contribution in [0.5, 0.6) is 0 Å². The zero-order chi connectivity index (χ0) is 81.7. The standard InChI is InChI=1S/C93H144O17P2/c1-5-9-13-17-21-25-29-33-37-41-43-47-50-54-58-62-66-70-74-78-91(96)104-84-88(109-92(97)79-75-71-67-63-59-55-51-46-40-36-32-28-24-20-16-12-8-4)85-107-111(99,100)105-81-87(94)82-106-112(101,102)108-86-89(83-103-90(95)77-73-69-65-61-57-53-49-45-39-35-31-27-23-19-15-11-7-3)110-93(98)80-76-72-68-64-60-56-52-48-44-42-38-34-30-26-22-18-14-10-6-2/h9-10,13-14,21-28,33-40,43-44,47-49,51,53-56,58,60-61,63,65-67,70,87-89,94H,5-8,11-12,15-20,29-32,41-42,45-46,50,52,57,59,62,64,68-69,71-86H2,1-4H3,(H,99,100)(H,101,102)/b13-9-,14-10-,25-21-,26-22-,27-23-,28-24-,37-33-,38-34-,39-35-,40-36-,47-43-,48-44-,53-49-,55-51-,58-54-,60-56-,65-61-,67-63-,70-66-/t87-,88-,89-/m1/s1. The number of esters is 4. The minimum atomic E-state index is -5.03. The molecule has 2 unspecified atom stereocenters. The highest BCUT2D eigenvalue weighted by Crippen LogP contribution is 2.45. The van der Waals surface area contributed by atoms with E-state index in [1.54, 1.807) is 0 Å². The number of phosphoric ester groups is 2. The Hall–Kier alpha value is -6.88. The zero-order valence-electron chi connectivity index (χ0n) is 68.7. The number of aliphatic hydroxyl groups excluding tert-OH is 1. The molecule has 17 nitrogen and oxygen atoms in total. The molecule has 0 amide bonds. The van der Waals surface area contributed by atoms with Crippen molar-refractivity contribution in [3.8, 4) is 0 Å². The van der Waals surface area contributed by atoms with E-state index in [-0.39, 0.29) is 25.7 Å². The number of hydrogen-bond donors (Lipinski definition) is 3. The van der Waals surface area contributed by atoms with E-state index >= 15 is 0 Å². The summed E-state index contributed by atoms with van der Waals surface area (Å²) in [7, 11) is -10.1. The van der Waals surface area contributed by atoms with E-state index in [9.17, 15) is 43.2 Å². The highest BCUT2D eigenvalue weighted by atomic mass is 31.2. The van der Waals surface area contributed by atoms with Gasteiger partial charge in [0, 0.05) is 25.7 Å². The fourth-order valence-corrected chi connectivity index (χ4v) is 11.4. The number of hydrogen-bond acceptors (Lipinski definition) is 15. The fraction of sp³-hybridized carbons (Fsp3) is 0.548. The van der Waals surface area contributed by atoms with Crippen molar-refractivity contribution in [3.63, 3.8) is 0 Å². The Morgan fingerprint density at radius 3 is 0.786 bits per heavy atom. The van der Waals surface area contributed by atoms with Crippen molar-refractivity contribution < 1.29 is 80.2 Å². The molecule has 0 saturated heterocycles. The number of ether oxygens (including phenoxy) is 4. The van der Waals surface area contributed by atoms with E-state index in [0.29, 0.717) is 44.9 Å². The molecule has 0 spiro atoms. The van der Waals surface area contributed by atoms with E-state index in [0.717, 1.165) is 135 Å². The molecule has 0 fully saturated rings. The predicted molar refractivity (Wildman–Crippen MR) is 463 cm³/mol. The van der Waals surface area contributed by atoms with Crippen molar-refractivity contribution in [1.29, 1.82) is 0 Å². The van der Waals surface area contributed by atoms with Crippen molar-refractivity contribution in [2.75, 3.05) is 39.6 Å². The molecule has 19 heteroatoms. The summed E-state index contributed by atoms with van der Waals surface area (Å²) >= 11 is 0. The summed E-state index contributed by atoms with van der Waals surface area (Å²) in [4.78, 5) is 73.1. The normalized spacial score (nSPS) is 15.0. The van der Waals surface area contributed by atoms with Crippen LogP contribution in [0.15, 0.2) is 231 Å². The Kier molecular flexibility index (Phi) is 77.1. The summed E-state index contributed by atoms with van der Waals surface area (Å²) in [5, 5.41) is 10.7. The van der Waals surface area contributed by atoms with Gasteiger partial charge in [0.1, 0.15) is 19.3 Å². The maximum absolute atomic E-state index is 13.1. The SMILES string of the molecule is CC/C=C\C/C=C\C/C=C\C/C=C\C/C=C\C/C=C\CCC(=O)OC[C@H](COP(=O)(O)OC[C@@H](O)COP(=O)(O)OC[C@@H](COC(=O)CCC/C=C\C/C=C\C/C=C\C/C=C\CCCCC)OC(=O)CCCCC/C=C\C/C=C\C/C=C\C/C=C\C/C=C\CC)OC(=O)CCC/C=C\C/C=C\C/C=C\C/C=C\CCCCC. The first-order valence-electron chi connectivity index (χ1n) is 41.6. The predicted octanol–water partition coefficient (Wildman–Crippen LogP) is 25.0. The lowest BCUT2D eigenvalue weighted by Crippen LogP contribution is -2.30. The van der Waals surface area contributed by atoms with Gasteiger partial charge in [-0.05, 0) is 186 Å². The van der Waals surface area contributed by atoms with Crippen LogP contribution in [0, 0.1) is 0 Å². The Morgan fingerprint density at radius 1 is 0.259 bits per heavy atom. The second-order valence-electron chi connectivity index (χ2n) is 26.6. The van der Waals surface area contributed by atoms with Crippen LogP contribution in [0.2, 0.25) is 0 Å². The molecule has 0 aromatic rings. The van der Waals surface area contributed by atoms with Gasteiger partial charge in [-0.25, -0.2) is 9.13 Å². The van der Waals surface area contributed by atoms with Crippen molar-refractivity contribution in [1.82, 2.24) is 0 Å². The number of unbranched alkanes of at least 4 members (excludes halogenated alkanes) is 11. The van der Waals surface area contributed by atoms with E-state index in [4.69, 9.17) is 37.0 Å². The summed E-state index contributed by atoms with van der Waals surface area (Å²) < 4.78 is 68.5. The first-order valence-corrected chi connectivity index (χ1v) is 44.6. The van der Waals surface area contributed by atoms with E-state index in [2.05, 4.69) is 216 Å². The topological polar surface area (TPSA) is 237 Å². The molecular formula is C93H144O17P2. The molecule has 0 saturated carbocycles. The molecule has 0 bridgehead atoms. The van der Waals surface area contributed by atoms with Crippen LogP contribution < -0.4 is 0 Å². The molecule has 112 heavy (non-hydrogen) atoms. The number of phosphoric acid groups is 2. The largest absolute Gasteiger partial charge is 0.472 e. The van der Waals surface area contributed by atoms with Crippen LogP contribution in [0.4, 0.5) is 0 Å². The molecule has 0 aliphatic heterocycles. The lowest BCUT2D eigenvalue weighted by atomic mass is 10.1. The quantitative estimate of drug-likeness (QED) is 0.0169. The van der Waals surface area contributed by atoms with Crippen molar-refractivity contribution >= 4 is 39.5 Å². The van der Waals surface area contributed by atoms with Crippen LogP contribution >= 0.6 is 15.6 Å². The van der Waals surface area contributed by atoms with Crippen molar-refractivity contribution in [2.24, 2.45) is 0 Å². The molecule has 5 atom stereocenters. The molecule has 0 aromatic carbocycles. The van der Waals surface area contributed by atoms with Crippen molar-refractivity contribution in [3.05, 3.63) is 231 Å². The third-order valence-electron chi connectivity index (χ3n) is 16.1. The van der Waals surface area contributed by atoms with Gasteiger partial charge in [0.25, 0.3) is 0 Å². The molecule has 0 aromatic heterocycles. The summed E-state index contributed by atoms with van der Waals surface area (Å²) in [5.41, 5.74) is 0. The molecule has 0 heterocycles. The van der Waals surface area contributed by atoms with E-state index in [1.807, 2.05) is 42.5 Å². The van der Waals surface area contributed by atoms with Gasteiger partial charge in [-0.2, -0.15) is 0 Å². The van der Waals surface area contributed by atoms with Gasteiger partial charge in [0.15, 0.2) is 12.2 Å². The highest BCUT2D eigenvalue weighted by Gasteiger charge is 2.30. The molecule has 0 aliphatic rings. The van der Waals surface area contributed by atoms with E-state index < -0.39 is 97.5 Å². The van der Waals surface area contributed by atoms with Crippen LogP contribution in [0.1, 0.15) is 272 Å². The third kappa shape index (κ3) is 81.1. The van der Waals surface area contributed by atoms with Gasteiger partial charge >= 0.3 is 39.5 Å². The van der Waals surface area contributed by atoms with Crippen LogP contribution in [-0.2, 0) is 65.4 Å². The first kappa shape index (κ1) is 105. The summed E-state index contributed by atoms with van der Waals surface area (Å²) in [6.07, 6.45) is 106. The Bertz CT molecular complexity index is 3040. The minimum Gasteiger partial charge on any atom is -0.462 e. The summed E-state index contributed by atoms with van der Waals surface area (Å²) in [6, 6.07) is 0. The fourth-order valence-electron chi connectivity index (χ4n) is 9.84. The number of carbonyl (C=O) groups excluding carboxylic acids is 4. The van der Waals surface area contributed by atoms with Gasteiger partial charge in [-0.3, -0.25) is 37.3 Å². The first-order chi connectivity index (χ1) is 54.7. The average Bonchev–Trinajstić information content (AvgIpc) is 0.900. The van der Waals surface area contributed by atoms with Crippen molar-refractivity contribution in [2.45, 2.75) is 290 Å². The smallest absolute Gasteiger partial charge is 0.462 e. The van der Waals surface area contributed by atoms with Crippen LogP contribution in [0.3, 0.4) is 0 Å². The molecule has 0 rings (SSSR count). The molecule has 3 N–H and O–H groups in total. The number of aliphatic hydroxyl groups is 1. The number of allylic oxidation sites excluding steroid dienone is 38. The van der Waals surface area contributed by atoms with Gasteiger partial charge < -0.3 is 33.8 Å². The maximum Gasteiger partial charge on any atom is 0.472 e. The number of rotatable bonds is 75. The Labute approximate surface area is 676 Å². The minimum absolute atomic E-state index is 0.00942. The lowest BCUT2D eigenvalue weighted by molar-refractivity contribution is -0.161. The monoisotopic (exact) mass is 1590 g/mol. The van der Waals surface area contributed by atoms with Gasteiger partial charge in [0.05, 0.1) is 26.4 Å². The summed E-state index contributed by atoms with van der Waals surface area (Å²) in [5.74, 6) is -2.47. The second kappa shape index (κ2) is 82.1. The maximum atomic E-state index is 13.1. The highest BCUT2D eigenvalue weighted by molar-refractivity contribution is 7.47. The number of carbonyl (C=O) groups is 4. The Balaban J connectivity index is 5.62. The van der Waals surface area contributed by atoms with Crippen LogP contribution in [-0.4, -0.2) is 96.7 Å². The lowest BCUT2D eigenvalue weighted by Gasteiger charge is -2.21. The third-order valence-corrected chi connectivity index (χ3v) is 18.0. The van der Waals surface area contributed by atoms with Gasteiger partial charge in [0.2, 0.25) is 0 Å². The molecule has 628 valence electrons.